The van der Waals surface area contributed by atoms with Crippen molar-refractivity contribution in [2.45, 2.75) is 61.7 Å². The summed E-state index contributed by atoms with van der Waals surface area (Å²) in [4.78, 5) is 35.0. The number of carbonyl (C=O) groups is 2. The van der Waals surface area contributed by atoms with E-state index < -0.39 is 39.4 Å². The van der Waals surface area contributed by atoms with Gasteiger partial charge in [-0.3, -0.25) is 24.6 Å². The van der Waals surface area contributed by atoms with Crippen LogP contribution in [0.1, 0.15) is 54.7 Å². The Labute approximate surface area is 336 Å². The smallest absolute Gasteiger partial charge is 0.351 e. The van der Waals surface area contributed by atoms with Gasteiger partial charge in [0, 0.05) is 69.0 Å². The number of fused-ring (bicyclic) bond motifs is 1. The van der Waals surface area contributed by atoms with Crippen molar-refractivity contribution in [3.63, 3.8) is 0 Å². The molecular weight excluding hydrogens is 798 g/mol. The number of rotatable bonds is 9. The van der Waals surface area contributed by atoms with Gasteiger partial charge in [0.15, 0.2) is 5.82 Å². The Morgan fingerprint density at radius 2 is 1.56 bits per heavy atom. The number of likely N-dealkylation sites (tertiary alicyclic amines) is 1. The number of urea groups is 1. The molecule has 13 nitrogen and oxygen atoms in total. The number of hydrogen-bond acceptors (Lipinski definition) is 9. The molecule has 3 aromatic carbocycles. The number of carbonyl (C=O) groups excluding carboxylic acids is 2. The van der Waals surface area contributed by atoms with Crippen LogP contribution in [0.2, 0.25) is 0 Å². The topological polar surface area (TPSA) is 146 Å². The fourth-order valence-corrected chi connectivity index (χ4v) is 9.52. The molecule has 0 saturated carbocycles. The summed E-state index contributed by atoms with van der Waals surface area (Å²) in [6, 6.07) is 13.6. The minimum Gasteiger partial charge on any atom is -0.351 e. The normalized spacial score (nSPS) is 18.1. The van der Waals surface area contributed by atoms with Crippen molar-refractivity contribution in [1.82, 2.24) is 34.3 Å². The maximum absolute atomic E-state index is 15.6. The molecule has 0 bridgehead atoms. The molecule has 0 aliphatic carbocycles. The second kappa shape index (κ2) is 15.9. The molecule has 3 aliphatic heterocycles. The number of nitrogens with zero attached hydrogens (tertiary/aromatic N) is 7. The van der Waals surface area contributed by atoms with Gasteiger partial charge in [-0.1, -0.05) is 18.2 Å². The molecule has 8 rings (SSSR count). The van der Waals surface area contributed by atoms with Crippen LogP contribution in [0.25, 0.3) is 22.0 Å². The number of piperidine rings is 2. The van der Waals surface area contributed by atoms with Crippen LogP contribution >= 0.6 is 0 Å². The van der Waals surface area contributed by atoms with Crippen LogP contribution in [0.5, 0.6) is 0 Å². The van der Waals surface area contributed by atoms with Crippen molar-refractivity contribution in [2.24, 2.45) is 7.05 Å². The summed E-state index contributed by atoms with van der Waals surface area (Å²) in [5.74, 6) is -1.07. The van der Waals surface area contributed by atoms with Crippen molar-refractivity contribution in [1.29, 1.82) is 0 Å². The van der Waals surface area contributed by atoms with Gasteiger partial charge in [0.2, 0.25) is 21.9 Å². The maximum Gasteiger partial charge on any atom is 0.419 e. The van der Waals surface area contributed by atoms with Gasteiger partial charge in [-0.05, 0) is 97.8 Å². The molecule has 3 fully saturated rings. The van der Waals surface area contributed by atoms with Crippen LogP contribution < -0.4 is 15.5 Å². The number of anilines is 2. The van der Waals surface area contributed by atoms with E-state index in [4.69, 9.17) is 0 Å². The zero-order valence-electron chi connectivity index (χ0n) is 31.8. The lowest BCUT2D eigenvalue weighted by Crippen LogP contribution is -2.49. The van der Waals surface area contributed by atoms with E-state index in [0.717, 1.165) is 29.3 Å². The quantitative estimate of drug-likeness (QED) is 0.161. The first kappa shape index (κ1) is 40.3. The predicted molar refractivity (Wildman–Crippen MR) is 208 cm³/mol. The first-order chi connectivity index (χ1) is 28.1. The van der Waals surface area contributed by atoms with Gasteiger partial charge in [-0.2, -0.15) is 22.6 Å². The first-order valence-corrected chi connectivity index (χ1v) is 20.6. The Morgan fingerprint density at radius 3 is 2.22 bits per heavy atom. The number of aryl methyl sites for hydroxylation is 1. The first-order valence-electron chi connectivity index (χ1n) is 19.2. The highest BCUT2D eigenvalue weighted by Gasteiger charge is 2.33. The molecule has 2 N–H and O–H groups in total. The minimum absolute atomic E-state index is 0.0155. The van der Waals surface area contributed by atoms with E-state index >= 15 is 8.78 Å². The van der Waals surface area contributed by atoms with Crippen molar-refractivity contribution in [2.75, 3.05) is 42.9 Å². The summed E-state index contributed by atoms with van der Waals surface area (Å²) in [5.41, 5.74) is 1.44. The third-order valence-corrected chi connectivity index (χ3v) is 13.2. The fourth-order valence-electron chi connectivity index (χ4n) is 8.00. The highest BCUT2D eigenvalue weighted by Crippen LogP contribution is 2.35. The Kier molecular flexibility index (Phi) is 10.9. The van der Waals surface area contributed by atoms with E-state index in [1.54, 1.807) is 17.8 Å². The number of sulfonamides is 1. The summed E-state index contributed by atoms with van der Waals surface area (Å²) < 4.78 is 100. The average molecular weight is 838 g/mol. The lowest BCUT2D eigenvalue weighted by molar-refractivity contribution is -0.138. The molecule has 0 atom stereocenters. The summed E-state index contributed by atoms with van der Waals surface area (Å²) in [6.07, 6.45) is -0.757. The predicted octanol–water partition coefficient (Wildman–Crippen LogP) is 6.42. The number of amides is 3. The third-order valence-electron chi connectivity index (χ3n) is 11.3. The molecule has 310 valence electrons. The molecule has 5 heterocycles. The van der Waals surface area contributed by atoms with Crippen LogP contribution in [-0.4, -0.2) is 88.1 Å². The largest absolute Gasteiger partial charge is 0.419 e. The number of imide groups is 1. The number of hydrogen-bond donors (Lipinski definition) is 2. The summed E-state index contributed by atoms with van der Waals surface area (Å²) in [5, 5.41) is 10.7. The lowest BCUT2D eigenvalue weighted by atomic mass is 9.88. The molecule has 3 amide bonds. The lowest BCUT2D eigenvalue weighted by Gasteiger charge is -2.32. The maximum atomic E-state index is 15.6. The Balaban J connectivity index is 0.879. The zero-order chi connectivity index (χ0) is 41.6. The van der Waals surface area contributed by atoms with E-state index in [0.29, 0.717) is 49.7 Å². The molecule has 19 heteroatoms. The van der Waals surface area contributed by atoms with Crippen LogP contribution in [0.3, 0.4) is 0 Å². The minimum atomic E-state index is -4.56. The monoisotopic (exact) mass is 837 g/mol. The van der Waals surface area contributed by atoms with E-state index in [1.807, 2.05) is 17.0 Å². The van der Waals surface area contributed by atoms with Gasteiger partial charge in [-0.15, -0.1) is 0 Å². The number of aromatic nitrogens is 4. The van der Waals surface area contributed by atoms with Gasteiger partial charge < -0.3 is 5.32 Å². The fraction of sp³-hybridized carbons (Fsp3) is 0.375. The summed E-state index contributed by atoms with van der Waals surface area (Å²) in [6.45, 7) is 1.80. The van der Waals surface area contributed by atoms with Crippen molar-refractivity contribution in [3.8, 4) is 11.1 Å². The Morgan fingerprint density at radius 1 is 0.864 bits per heavy atom. The standard InChI is InChI=1S/C40H40F5N9O4S/c1-51-35-20-26(5-6-31(35)37(50-51)54-16-11-36(55)49-39(54)56)24-7-12-52(13-8-24)23-32-33(41)18-27(19-34(32)42)25-3-2-4-30(17-25)59(57,58)53-14-9-29(10-15-53)48-38-46-21-28(22-47-38)40(43,44)45/h2-6,17-22,24,29H,7-16,23H2,1H3,(H,46,47,48)(H,49,55,56). The second-order valence-corrected chi connectivity index (χ2v) is 17.0. The van der Waals surface area contributed by atoms with Crippen molar-refractivity contribution in [3.05, 3.63) is 95.3 Å². The van der Waals surface area contributed by atoms with Gasteiger partial charge in [0.1, 0.15) is 11.6 Å². The van der Waals surface area contributed by atoms with Gasteiger partial charge in [0.05, 0.1) is 16.0 Å². The zero-order valence-corrected chi connectivity index (χ0v) is 32.7. The highest BCUT2D eigenvalue weighted by molar-refractivity contribution is 7.89. The van der Waals surface area contributed by atoms with Crippen molar-refractivity contribution < 1.29 is 40.0 Å². The SMILES string of the molecule is Cn1nc(N2CCC(=O)NC2=O)c2ccc(C3CCN(Cc4c(F)cc(-c5cccc(S(=O)(=O)N6CCC(Nc7ncc(C(F)(F)F)cn7)CC6)c5)cc4F)CC3)cc21. The van der Waals surface area contributed by atoms with Crippen LogP contribution in [-0.2, 0) is 34.6 Å². The number of alkyl halides is 3. The van der Waals surface area contributed by atoms with Crippen LogP contribution in [0.4, 0.5) is 38.5 Å². The highest BCUT2D eigenvalue weighted by atomic mass is 32.2. The van der Waals surface area contributed by atoms with E-state index in [9.17, 15) is 31.2 Å². The Bertz CT molecular complexity index is 2490. The molecule has 5 aromatic rings. The van der Waals surface area contributed by atoms with E-state index in [-0.39, 0.29) is 72.4 Å². The molecule has 3 aliphatic rings. The second-order valence-electron chi connectivity index (χ2n) is 15.1. The average Bonchev–Trinajstić information content (AvgIpc) is 3.54. The Hall–Kier alpha value is -5.53. The molecule has 0 spiro atoms. The van der Waals surface area contributed by atoms with E-state index in [2.05, 4.69) is 31.8 Å². The van der Waals surface area contributed by atoms with Crippen LogP contribution in [0, 0.1) is 11.6 Å². The van der Waals surface area contributed by atoms with Gasteiger partial charge in [-0.25, -0.2) is 32.0 Å². The molecule has 2 aromatic heterocycles. The number of benzene rings is 3. The molecule has 3 saturated heterocycles. The molecule has 59 heavy (non-hydrogen) atoms. The molecule has 0 unspecified atom stereocenters. The van der Waals surface area contributed by atoms with Crippen molar-refractivity contribution >= 4 is 44.6 Å². The summed E-state index contributed by atoms with van der Waals surface area (Å²) in [7, 11) is -2.18. The van der Waals surface area contributed by atoms with Crippen LogP contribution in [0.15, 0.2) is 71.9 Å². The number of nitrogens with one attached hydrogen (secondary N) is 2. The molecular formula is C40H40F5N9O4S. The third kappa shape index (κ3) is 8.36. The summed E-state index contributed by atoms with van der Waals surface area (Å²) >= 11 is 0. The number of halogens is 5. The van der Waals surface area contributed by atoms with E-state index in [1.165, 1.54) is 39.5 Å². The van der Waals surface area contributed by atoms with Gasteiger partial charge in [0.25, 0.3) is 0 Å². The van der Waals surface area contributed by atoms with Gasteiger partial charge >= 0.3 is 12.2 Å². The molecule has 0 radical (unpaired) electrons.